The van der Waals surface area contributed by atoms with Crippen LogP contribution in [0.1, 0.15) is 6.92 Å². The number of aromatic nitrogens is 1. The number of aromatic amines is 1. The number of nitrogens with zero attached hydrogens (tertiary/aromatic N) is 3. The van der Waals surface area contributed by atoms with Gasteiger partial charge in [0.05, 0.1) is 17.5 Å². The van der Waals surface area contributed by atoms with E-state index in [9.17, 15) is 18.3 Å². The minimum atomic E-state index is -3.73. The molecule has 2 N–H and O–H groups in total. The fraction of sp³-hybridized carbons (Fsp3) is 0.167. The van der Waals surface area contributed by atoms with Gasteiger partial charge in [0, 0.05) is 9.86 Å². The standard InChI is InChI=1S/C18H17BrN4O4S/c1-11(23(28(2,26)27)13-6-4-3-5-7-13)17(24)22-21-16-14-10-12(19)8-9-15(14)20-18(16)25/h3-11,20,25H,1-2H3/t11-/m0/s1. The van der Waals surface area contributed by atoms with E-state index in [1.165, 1.54) is 6.92 Å². The molecule has 0 radical (unpaired) electrons. The number of aromatic hydroxyl groups is 1. The molecule has 0 bridgehead atoms. The molecule has 0 aliphatic heterocycles. The molecule has 146 valence electrons. The van der Waals surface area contributed by atoms with E-state index >= 15 is 0 Å². The van der Waals surface area contributed by atoms with Crippen molar-refractivity contribution in [3.63, 3.8) is 0 Å². The van der Waals surface area contributed by atoms with Crippen LogP contribution >= 0.6 is 15.9 Å². The highest BCUT2D eigenvalue weighted by Crippen LogP contribution is 2.37. The van der Waals surface area contributed by atoms with Gasteiger partial charge in [0.15, 0.2) is 5.69 Å². The summed E-state index contributed by atoms with van der Waals surface area (Å²) in [4.78, 5) is 15.3. The van der Waals surface area contributed by atoms with Gasteiger partial charge in [-0.05, 0) is 37.3 Å². The van der Waals surface area contributed by atoms with Crippen LogP contribution in [0.15, 0.2) is 63.2 Å². The van der Waals surface area contributed by atoms with Gasteiger partial charge in [-0.2, -0.15) is 0 Å². The Morgan fingerprint density at radius 3 is 2.54 bits per heavy atom. The number of benzene rings is 2. The molecule has 8 nitrogen and oxygen atoms in total. The smallest absolute Gasteiger partial charge is 0.287 e. The third-order valence-electron chi connectivity index (χ3n) is 4.04. The molecule has 0 spiro atoms. The number of para-hydroxylation sites is 1. The van der Waals surface area contributed by atoms with Crippen molar-refractivity contribution < 1.29 is 18.3 Å². The van der Waals surface area contributed by atoms with Crippen molar-refractivity contribution >= 4 is 54.1 Å². The van der Waals surface area contributed by atoms with Crippen LogP contribution in [0.5, 0.6) is 5.88 Å². The Hall–Kier alpha value is -2.72. The summed E-state index contributed by atoms with van der Waals surface area (Å²) in [6, 6.07) is 12.4. The van der Waals surface area contributed by atoms with E-state index < -0.39 is 22.0 Å². The molecule has 0 unspecified atom stereocenters. The van der Waals surface area contributed by atoms with E-state index in [0.717, 1.165) is 15.0 Å². The molecule has 1 heterocycles. The number of halogens is 1. The first-order valence-corrected chi connectivity index (χ1v) is 10.8. The van der Waals surface area contributed by atoms with Crippen molar-refractivity contribution in [1.82, 2.24) is 4.98 Å². The zero-order chi connectivity index (χ0) is 20.5. The number of fused-ring (bicyclic) bond motifs is 1. The summed E-state index contributed by atoms with van der Waals surface area (Å²) in [5.41, 5.74) is 1.07. The number of nitrogens with one attached hydrogen (secondary N) is 1. The molecule has 1 aromatic heterocycles. The Kier molecular flexibility index (Phi) is 5.52. The number of anilines is 1. The highest BCUT2D eigenvalue weighted by molar-refractivity contribution is 9.10. The average molecular weight is 465 g/mol. The number of carbonyl (C=O) groups is 1. The van der Waals surface area contributed by atoms with Gasteiger partial charge in [0.1, 0.15) is 6.04 Å². The molecular formula is C18H17BrN4O4S. The lowest BCUT2D eigenvalue weighted by Gasteiger charge is -2.26. The van der Waals surface area contributed by atoms with E-state index in [-0.39, 0.29) is 11.6 Å². The van der Waals surface area contributed by atoms with Crippen molar-refractivity contribution in [2.75, 3.05) is 10.6 Å². The highest BCUT2D eigenvalue weighted by Gasteiger charge is 2.29. The summed E-state index contributed by atoms with van der Waals surface area (Å²) < 4.78 is 26.2. The summed E-state index contributed by atoms with van der Waals surface area (Å²) in [6.07, 6.45) is 1.02. The number of rotatable bonds is 5. The van der Waals surface area contributed by atoms with Crippen LogP contribution in [0.2, 0.25) is 0 Å². The molecule has 2 aromatic carbocycles. The summed E-state index contributed by atoms with van der Waals surface area (Å²) >= 11 is 3.34. The normalized spacial score (nSPS) is 13.1. The number of sulfonamides is 1. The van der Waals surface area contributed by atoms with E-state index in [1.54, 1.807) is 48.5 Å². The summed E-state index contributed by atoms with van der Waals surface area (Å²) in [5, 5.41) is 18.1. The fourth-order valence-corrected chi connectivity index (χ4v) is 4.33. The van der Waals surface area contributed by atoms with Gasteiger partial charge >= 0.3 is 0 Å². The predicted octanol–water partition coefficient (Wildman–Crippen LogP) is 4.10. The lowest BCUT2D eigenvalue weighted by atomic mass is 10.2. The van der Waals surface area contributed by atoms with Crippen molar-refractivity contribution in [2.45, 2.75) is 13.0 Å². The molecule has 1 atom stereocenters. The van der Waals surface area contributed by atoms with E-state index in [4.69, 9.17) is 0 Å². The van der Waals surface area contributed by atoms with Crippen LogP contribution in [0.25, 0.3) is 10.9 Å². The van der Waals surface area contributed by atoms with Crippen LogP contribution in [0, 0.1) is 0 Å². The summed E-state index contributed by atoms with van der Waals surface area (Å²) in [7, 11) is -3.73. The monoisotopic (exact) mass is 464 g/mol. The van der Waals surface area contributed by atoms with Crippen molar-refractivity contribution in [2.24, 2.45) is 10.2 Å². The van der Waals surface area contributed by atoms with E-state index in [2.05, 4.69) is 31.1 Å². The quantitative estimate of drug-likeness (QED) is 0.552. The predicted molar refractivity (Wildman–Crippen MR) is 110 cm³/mol. The number of amides is 1. The highest BCUT2D eigenvalue weighted by atomic mass is 79.9. The number of hydrogen-bond acceptors (Lipinski definition) is 5. The molecule has 0 saturated carbocycles. The Bertz CT molecular complexity index is 1160. The number of azo groups is 1. The Morgan fingerprint density at radius 2 is 1.89 bits per heavy atom. The molecule has 0 fully saturated rings. The van der Waals surface area contributed by atoms with Crippen LogP contribution < -0.4 is 4.31 Å². The van der Waals surface area contributed by atoms with Crippen molar-refractivity contribution in [1.29, 1.82) is 0 Å². The minimum Gasteiger partial charge on any atom is -0.493 e. The molecule has 0 aliphatic carbocycles. The molecule has 3 rings (SSSR count). The second-order valence-corrected chi connectivity index (χ2v) is 8.90. The Morgan fingerprint density at radius 1 is 1.21 bits per heavy atom. The summed E-state index contributed by atoms with van der Waals surface area (Å²) in [5.74, 6) is -1.00. The topological polar surface area (TPSA) is 115 Å². The van der Waals surface area contributed by atoms with Gasteiger partial charge in [0.2, 0.25) is 15.9 Å². The van der Waals surface area contributed by atoms with Crippen LogP contribution in [0.4, 0.5) is 11.4 Å². The molecule has 10 heteroatoms. The second kappa shape index (κ2) is 7.72. The zero-order valence-electron chi connectivity index (χ0n) is 15.0. The van der Waals surface area contributed by atoms with Gasteiger partial charge in [-0.3, -0.25) is 9.10 Å². The molecule has 28 heavy (non-hydrogen) atoms. The third-order valence-corrected chi connectivity index (χ3v) is 5.77. The Balaban J connectivity index is 1.93. The van der Waals surface area contributed by atoms with Gasteiger partial charge < -0.3 is 10.1 Å². The third kappa shape index (κ3) is 4.07. The number of H-pyrrole nitrogens is 1. The van der Waals surface area contributed by atoms with E-state index in [1.807, 2.05) is 0 Å². The lowest BCUT2D eigenvalue weighted by molar-refractivity contribution is -0.119. The first kappa shape index (κ1) is 20.0. The number of hydrogen-bond donors (Lipinski definition) is 2. The Labute approximate surface area is 170 Å². The largest absolute Gasteiger partial charge is 0.493 e. The first-order valence-electron chi connectivity index (χ1n) is 8.18. The minimum absolute atomic E-state index is 0.0995. The van der Waals surface area contributed by atoms with Gasteiger partial charge in [-0.1, -0.05) is 34.1 Å². The van der Waals surface area contributed by atoms with Crippen molar-refractivity contribution in [3.05, 3.63) is 53.0 Å². The van der Waals surface area contributed by atoms with Crippen LogP contribution in [-0.4, -0.2) is 36.7 Å². The van der Waals surface area contributed by atoms with Gasteiger partial charge in [-0.15, -0.1) is 10.2 Å². The molecule has 0 saturated heterocycles. The molecular weight excluding hydrogens is 448 g/mol. The van der Waals surface area contributed by atoms with Crippen LogP contribution in [-0.2, 0) is 14.8 Å². The van der Waals surface area contributed by atoms with Crippen LogP contribution in [0.3, 0.4) is 0 Å². The molecule has 1 amide bonds. The summed E-state index contributed by atoms with van der Waals surface area (Å²) in [6.45, 7) is 1.43. The lowest BCUT2D eigenvalue weighted by Crippen LogP contribution is -2.42. The molecule has 3 aromatic rings. The van der Waals surface area contributed by atoms with Crippen molar-refractivity contribution in [3.8, 4) is 5.88 Å². The maximum Gasteiger partial charge on any atom is 0.287 e. The second-order valence-electron chi connectivity index (χ2n) is 6.12. The average Bonchev–Trinajstić information content (AvgIpc) is 2.94. The van der Waals surface area contributed by atoms with Gasteiger partial charge in [-0.25, -0.2) is 8.42 Å². The maximum atomic E-state index is 12.5. The number of carbonyl (C=O) groups excluding carboxylic acids is 1. The SMILES string of the molecule is C[C@@H](C(=O)N=Nc1c(O)[nH]c2ccc(Br)cc12)N(c1ccccc1)S(C)(=O)=O. The maximum absolute atomic E-state index is 12.5. The fourth-order valence-electron chi connectivity index (χ4n) is 2.80. The first-order chi connectivity index (χ1) is 13.2. The van der Waals surface area contributed by atoms with Gasteiger partial charge in [0.25, 0.3) is 5.91 Å². The zero-order valence-corrected chi connectivity index (χ0v) is 17.4. The molecule has 0 aliphatic rings. The van der Waals surface area contributed by atoms with E-state index in [0.29, 0.717) is 16.6 Å².